The molecule has 65 heavy (non-hydrogen) atoms. The molecule has 3 nitrogen and oxygen atoms in total. The second-order valence-corrected chi connectivity index (χ2v) is 16.4. The van der Waals surface area contributed by atoms with Gasteiger partial charge in [-0.2, -0.15) is 0 Å². The van der Waals surface area contributed by atoms with Crippen LogP contribution in [-0.2, 0) is 6.42 Å². The van der Waals surface area contributed by atoms with E-state index in [4.69, 9.17) is 5.73 Å². The number of nitrogens with zero attached hydrogens (tertiary/aromatic N) is 1. The van der Waals surface area contributed by atoms with Gasteiger partial charge >= 0.3 is 0 Å². The van der Waals surface area contributed by atoms with Crippen molar-refractivity contribution < 1.29 is 0 Å². The highest BCUT2D eigenvalue weighted by atomic mass is 14.9. The van der Waals surface area contributed by atoms with Crippen molar-refractivity contribution in [2.24, 2.45) is 16.1 Å². The minimum Gasteiger partial charge on any atom is -0.398 e. The molecular weight excluding hydrogens is 787 g/mol. The molecule has 0 fully saturated rings. The van der Waals surface area contributed by atoms with E-state index in [1.54, 1.807) is 0 Å². The monoisotopic (exact) mass is 852 g/mol. The summed E-state index contributed by atoms with van der Waals surface area (Å²) in [6.45, 7) is 16.7. The van der Waals surface area contributed by atoms with Crippen molar-refractivity contribution in [3.05, 3.63) is 250 Å². The van der Waals surface area contributed by atoms with Crippen LogP contribution in [0, 0.1) is 5.41 Å². The molecule has 1 aliphatic carbocycles. The Morgan fingerprint density at radius 1 is 0.815 bits per heavy atom. The maximum absolute atomic E-state index is 6.97. The first kappa shape index (κ1) is 47.3. The van der Waals surface area contributed by atoms with Crippen LogP contribution in [0.15, 0.2) is 206 Å². The summed E-state index contributed by atoms with van der Waals surface area (Å²) in [5.74, 6) is 0. The van der Waals surface area contributed by atoms with Gasteiger partial charge in [0, 0.05) is 40.4 Å². The molecule has 3 heteroatoms. The molecule has 1 atom stereocenters. The minimum atomic E-state index is -0.0579. The lowest BCUT2D eigenvalue weighted by Gasteiger charge is -2.23. The molecule has 1 aliphatic heterocycles. The summed E-state index contributed by atoms with van der Waals surface area (Å²) in [5.41, 5.74) is 22.1. The molecule has 7 rings (SSSR count). The van der Waals surface area contributed by atoms with Gasteiger partial charge in [0.1, 0.15) is 0 Å². The summed E-state index contributed by atoms with van der Waals surface area (Å²) in [5, 5.41) is 5.80. The number of para-hydroxylation sites is 1. The van der Waals surface area contributed by atoms with Crippen LogP contribution in [0.5, 0.6) is 0 Å². The maximum atomic E-state index is 6.97. The Morgan fingerprint density at radius 2 is 1.51 bits per heavy atom. The molecule has 328 valence electrons. The van der Waals surface area contributed by atoms with Crippen LogP contribution in [0.3, 0.4) is 0 Å². The molecule has 0 radical (unpaired) electrons. The zero-order valence-electron chi connectivity index (χ0n) is 39.0. The third kappa shape index (κ3) is 12.5. The number of unbranched alkanes of at least 4 members (excludes halogenated alkanes) is 1. The number of aliphatic imine (C=N–C) groups is 1. The summed E-state index contributed by atoms with van der Waals surface area (Å²) < 4.78 is 0. The highest BCUT2D eigenvalue weighted by Crippen LogP contribution is 2.36. The number of hydrogen-bond acceptors (Lipinski definition) is 3. The van der Waals surface area contributed by atoms with Gasteiger partial charge < -0.3 is 11.1 Å². The smallest absolute Gasteiger partial charge is 0.0543 e. The van der Waals surface area contributed by atoms with Crippen LogP contribution >= 0.6 is 0 Å². The molecule has 0 spiro atoms. The normalized spacial score (nSPS) is 19.1. The van der Waals surface area contributed by atoms with Crippen LogP contribution < -0.4 is 21.5 Å². The Kier molecular flexibility index (Phi) is 17.0. The fraction of sp³-hybridized carbons (Fsp3) is 0.177. The number of hydrogen-bond donors (Lipinski definition) is 2. The van der Waals surface area contributed by atoms with Gasteiger partial charge in [0.25, 0.3) is 0 Å². The first-order chi connectivity index (χ1) is 31.8. The lowest BCUT2D eigenvalue weighted by atomic mass is 9.84. The molecular formula is C62H65N3. The van der Waals surface area contributed by atoms with E-state index < -0.39 is 0 Å². The van der Waals surface area contributed by atoms with Crippen molar-refractivity contribution in [3.63, 3.8) is 0 Å². The zero-order chi connectivity index (χ0) is 46.0. The first-order valence-corrected chi connectivity index (χ1v) is 23.1. The molecule has 0 amide bonds. The van der Waals surface area contributed by atoms with Crippen molar-refractivity contribution in [2.45, 2.75) is 59.8 Å². The third-order valence-electron chi connectivity index (χ3n) is 11.9. The van der Waals surface area contributed by atoms with E-state index in [0.29, 0.717) is 5.70 Å². The van der Waals surface area contributed by atoms with Gasteiger partial charge in [0.15, 0.2) is 0 Å². The molecule has 5 aromatic rings. The van der Waals surface area contributed by atoms with Crippen molar-refractivity contribution in [1.29, 1.82) is 0 Å². The number of benzene rings is 5. The van der Waals surface area contributed by atoms with Crippen LogP contribution in [0.2, 0.25) is 0 Å². The van der Waals surface area contributed by atoms with Crippen LogP contribution in [-0.4, -0.2) is 12.8 Å². The zero-order valence-corrected chi connectivity index (χ0v) is 39.0. The average Bonchev–Trinajstić information content (AvgIpc) is 3.35. The predicted octanol–water partition coefficient (Wildman–Crippen LogP) is 14.3. The van der Waals surface area contributed by atoms with E-state index in [1.807, 2.05) is 46.0 Å². The molecule has 0 bridgehead atoms. The lowest BCUT2D eigenvalue weighted by molar-refractivity contribution is 0.563. The highest BCUT2D eigenvalue weighted by molar-refractivity contribution is 6.12. The summed E-state index contributed by atoms with van der Waals surface area (Å²) in [6.07, 6.45) is 32.8. The van der Waals surface area contributed by atoms with Crippen molar-refractivity contribution in [3.8, 4) is 0 Å². The van der Waals surface area contributed by atoms with Gasteiger partial charge in [-0.3, -0.25) is 4.99 Å². The molecule has 0 aromatic heterocycles. The Hall–Kier alpha value is -7.23. The van der Waals surface area contributed by atoms with E-state index >= 15 is 0 Å². The Balaban J connectivity index is 0.00000345. The Morgan fingerprint density at radius 3 is 2.23 bits per heavy atom. The van der Waals surface area contributed by atoms with E-state index in [2.05, 4.69) is 212 Å². The average molecular weight is 852 g/mol. The molecule has 0 saturated carbocycles. The van der Waals surface area contributed by atoms with Crippen LogP contribution in [0.4, 0.5) is 5.69 Å². The second kappa shape index (κ2) is 23.5. The standard InChI is InChI=1S/C60H59N3.C2H6/c1-6-8-9-10-11-12-23-57(62-5)51-37-35-50(36-38-51)56(61)43-52(30-27-45-25-28-47(29-26-45)46-20-17-18-40-60(4,7-2)41-39-46)48-31-33-49(34-32-48)55-42-53-21-14-16-24-58(53)63-59(55)54-22-15-13-19-44(54)3;1-2/h6-10,13-22,24-26,28-40,42-43,63H,2-3,11-12,23,27,41,61H2,1,4-5H3;1-2H3/b8-6-,10-9-,20-17-,40-18+,46-39+,52-30+,56-43-,59-54-,62-57?;. The van der Waals surface area contributed by atoms with Gasteiger partial charge in [0.05, 0.1) is 5.70 Å². The lowest BCUT2D eigenvalue weighted by Crippen LogP contribution is -2.29. The molecule has 1 heterocycles. The first-order valence-electron chi connectivity index (χ1n) is 23.1. The molecule has 1 unspecified atom stereocenters. The number of nitrogens with two attached hydrogens (primary N) is 1. The fourth-order valence-electron chi connectivity index (χ4n) is 7.96. The molecule has 0 saturated heterocycles. The number of rotatable bonds is 14. The second-order valence-electron chi connectivity index (χ2n) is 16.4. The van der Waals surface area contributed by atoms with E-state index in [9.17, 15) is 0 Å². The van der Waals surface area contributed by atoms with Crippen molar-refractivity contribution >= 4 is 52.2 Å². The number of anilines is 1. The predicted molar refractivity (Wildman–Crippen MR) is 287 cm³/mol. The summed E-state index contributed by atoms with van der Waals surface area (Å²) in [4.78, 5) is 4.63. The number of nitrogens with one attached hydrogen (secondary N) is 1. The van der Waals surface area contributed by atoms with Gasteiger partial charge in [-0.05, 0) is 113 Å². The van der Waals surface area contributed by atoms with Crippen LogP contribution in [0.1, 0.15) is 92.3 Å². The number of allylic oxidation sites excluding steroid dienone is 14. The fourth-order valence-corrected chi connectivity index (χ4v) is 7.96. The molecule has 2 aliphatic rings. The molecule has 3 N–H and O–H groups in total. The van der Waals surface area contributed by atoms with Crippen molar-refractivity contribution in [1.82, 2.24) is 0 Å². The van der Waals surface area contributed by atoms with E-state index in [-0.39, 0.29) is 5.41 Å². The Labute approximate surface area is 389 Å². The maximum Gasteiger partial charge on any atom is 0.0543 e. The third-order valence-corrected chi connectivity index (χ3v) is 11.9. The van der Waals surface area contributed by atoms with Crippen molar-refractivity contribution in [2.75, 3.05) is 12.4 Å². The highest BCUT2D eigenvalue weighted by Gasteiger charge is 2.18. The SMILES string of the molecule is C=CC1(C)/C=C/C=C\C(c2ccc(C/C=C(\C=C(/N)c3ccc(C(CCC/C=C\C=C/C)=NC)cc3)c3ccc(C4=Cc5ccccc5N/C4=c4/ccccc4=C)cc3)cc2)=C/C1.CC. The van der Waals surface area contributed by atoms with E-state index in [1.165, 1.54) is 16.7 Å². The van der Waals surface area contributed by atoms with E-state index in [0.717, 1.165) is 98.6 Å². The summed E-state index contributed by atoms with van der Waals surface area (Å²) in [6, 6.07) is 43.0. The van der Waals surface area contributed by atoms with Gasteiger partial charge in [0.2, 0.25) is 0 Å². The van der Waals surface area contributed by atoms with Gasteiger partial charge in [-0.1, -0.05) is 209 Å². The summed E-state index contributed by atoms with van der Waals surface area (Å²) in [7, 11) is 1.88. The summed E-state index contributed by atoms with van der Waals surface area (Å²) >= 11 is 0. The minimum absolute atomic E-state index is 0.0579. The largest absolute Gasteiger partial charge is 0.398 e. The van der Waals surface area contributed by atoms with Gasteiger partial charge in [-0.25, -0.2) is 0 Å². The number of fused-ring (bicyclic) bond motifs is 1. The van der Waals surface area contributed by atoms with Crippen LogP contribution in [0.25, 0.3) is 40.8 Å². The Bertz CT molecular complexity index is 2820. The topological polar surface area (TPSA) is 50.4 Å². The van der Waals surface area contributed by atoms with Gasteiger partial charge in [-0.15, -0.1) is 6.58 Å². The quantitative estimate of drug-likeness (QED) is 0.0506. The molecule has 5 aromatic carbocycles.